The molecule has 0 bridgehead atoms. The van der Waals surface area contributed by atoms with Gasteiger partial charge in [0.15, 0.2) is 0 Å². The molecule has 1 unspecified atom stereocenters. The molecule has 0 fully saturated rings. The SMILES string of the molecule is CCC(C)CC/C=C\C/C=C\CCCCCCCC(=O)O. The summed E-state index contributed by atoms with van der Waals surface area (Å²) in [5.41, 5.74) is 0. The second kappa shape index (κ2) is 15.3. The summed E-state index contributed by atoms with van der Waals surface area (Å²) in [5.74, 6) is 0.177. The summed E-state index contributed by atoms with van der Waals surface area (Å²) < 4.78 is 0. The zero-order valence-electron chi connectivity index (χ0n) is 14.0. The quantitative estimate of drug-likeness (QED) is 0.309. The smallest absolute Gasteiger partial charge is 0.303 e. The Morgan fingerprint density at radius 2 is 1.57 bits per heavy atom. The van der Waals surface area contributed by atoms with Crippen LogP contribution in [0.2, 0.25) is 0 Å². The Bertz CT molecular complexity index is 292. The van der Waals surface area contributed by atoms with E-state index in [1.807, 2.05) is 0 Å². The van der Waals surface area contributed by atoms with Crippen LogP contribution in [0.15, 0.2) is 24.3 Å². The van der Waals surface area contributed by atoms with Gasteiger partial charge in [0.2, 0.25) is 0 Å². The van der Waals surface area contributed by atoms with Crippen molar-refractivity contribution in [2.75, 3.05) is 0 Å². The van der Waals surface area contributed by atoms with Crippen molar-refractivity contribution in [2.45, 2.75) is 84.5 Å². The summed E-state index contributed by atoms with van der Waals surface area (Å²) >= 11 is 0. The molecule has 0 saturated carbocycles. The number of hydrogen-bond acceptors (Lipinski definition) is 1. The molecule has 0 amide bonds. The third-order valence-corrected chi connectivity index (χ3v) is 3.89. The molecule has 1 atom stereocenters. The predicted molar refractivity (Wildman–Crippen MR) is 91.5 cm³/mol. The second-order valence-electron chi connectivity index (χ2n) is 5.97. The van der Waals surface area contributed by atoms with E-state index in [2.05, 4.69) is 38.2 Å². The minimum absolute atomic E-state index is 0.323. The van der Waals surface area contributed by atoms with E-state index < -0.39 is 5.97 Å². The van der Waals surface area contributed by atoms with E-state index in [0.717, 1.165) is 38.0 Å². The Kier molecular flexibility index (Phi) is 14.6. The summed E-state index contributed by atoms with van der Waals surface area (Å²) in [4.78, 5) is 10.3. The molecule has 0 aliphatic heterocycles. The van der Waals surface area contributed by atoms with Crippen molar-refractivity contribution in [3.8, 4) is 0 Å². The van der Waals surface area contributed by atoms with Crippen LogP contribution in [0.4, 0.5) is 0 Å². The molecule has 0 saturated heterocycles. The molecular weight excluding hydrogens is 260 g/mol. The van der Waals surface area contributed by atoms with Crippen LogP contribution in [0.5, 0.6) is 0 Å². The van der Waals surface area contributed by atoms with Gasteiger partial charge in [0.05, 0.1) is 0 Å². The number of unbranched alkanes of at least 4 members (excludes halogenated alkanes) is 5. The number of carboxylic acid groups (broad SMARTS) is 1. The first-order chi connectivity index (χ1) is 10.2. The van der Waals surface area contributed by atoms with Crippen LogP contribution in [0.25, 0.3) is 0 Å². The van der Waals surface area contributed by atoms with E-state index >= 15 is 0 Å². The van der Waals surface area contributed by atoms with Gasteiger partial charge in [-0.1, -0.05) is 63.8 Å². The standard InChI is InChI=1S/C19H34O2/c1-3-18(2)16-14-12-10-8-6-4-5-7-9-11-13-15-17-19(20)21/h4,6,10,12,18H,3,5,7-9,11,13-17H2,1-2H3,(H,20,21)/b6-4-,12-10-. The molecular formula is C19H34O2. The van der Waals surface area contributed by atoms with Gasteiger partial charge in [-0.05, 0) is 44.4 Å². The number of rotatable bonds is 14. The maximum Gasteiger partial charge on any atom is 0.303 e. The lowest BCUT2D eigenvalue weighted by Gasteiger charge is -2.03. The van der Waals surface area contributed by atoms with Crippen molar-refractivity contribution in [1.29, 1.82) is 0 Å². The highest BCUT2D eigenvalue weighted by molar-refractivity contribution is 5.66. The molecule has 0 rings (SSSR count). The molecule has 21 heavy (non-hydrogen) atoms. The number of hydrogen-bond donors (Lipinski definition) is 1. The maximum atomic E-state index is 10.3. The molecule has 2 nitrogen and oxygen atoms in total. The van der Waals surface area contributed by atoms with Gasteiger partial charge in [0.25, 0.3) is 0 Å². The van der Waals surface area contributed by atoms with E-state index in [1.54, 1.807) is 0 Å². The number of aliphatic carboxylic acids is 1. The van der Waals surface area contributed by atoms with E-state index in [0.29, 0.717) is 6.42 Å². The monoisotopic (exact) mass is 294 g/mol. The Hall–Kier alpha value is -1.05. The second-order valence-corrected chi connectivity index (χ2v) is 5.97. The maximum absolute atomic E-state index is 10.3. The minimum atomic E-state index is -0.671. The largest absolute Gasteiger partial charge is 0.481 e. The highest BCUT2D eigenvalue weighted by atomic mass is 16.4. The van der Waals surface area contributed by atoms with Crippen LogP contribution in [0.3, 0.4) is 0 Å². The van der Waals surface area contributed by atoms with Crippen molar-refractivity contribution in [1.82, 2.24) is 0 Å². The fourth-order valence-electron chi connectivity index (χ4n) is 2.16. The first-order valence-electron chi connectivity index (χ1n) is 8.68. The molecule has 0 aromatic carbocycles. The topological polar surface area (TPSA) is 37.3 Å². The van der Waals surface area contributed by atoms with Gasteiger partial charge < -0.3 is 5.11 Å². The Balaban J connectivity index is 3.25. The van der Waals surface area contributed by atoms with Crippen molar-refractivity contribution in [2.24, 2.45) is 5.92 Å². The summed E-state index contributed by atoms with van der Waals surface area (Å²) in [6, 6.07) is 0. The predicted octanol–water partition coefficient (Wildman–Crippen LogP) is 6.13. The fraction of sp³-hybridized carbons (Fsp3) is 0.737. The Labute approximate surface area is 131 Å². The van der Waals surface area contributed by atoms with Crippen molar-refractivity contribution < 1.29 is 9.90 Å². The van der Waals surface area contributed by atoms with Crippen LogP contribution in [-0.4, -0.2) is 11.1 Å². The number of carbonyl (C=O) groups is 1. The normalized spacial score (nSPS) is 13.2. The van der Waals surface area contributed by atoms with Crippen LogP contribution in [0.1, 0.15) is 84.5 Å². The van der Waals surface area contributed by atoms with Gasteiger partial charge >= 0.3 is 5.97 Å². The highest BCUT2D eigenvalue weighted by Gasteiger charge is 1.96. The molecule has 0 aliphatic rings. The first kappa shape index (κ1) is 19.9. The zero-order valence-corrected chi connectivity index (χ0v) is 14.0. The van der Waals surface area contributed by atoms with Crippen molar-refractivity contribution >= 4 is 5.97 Å². The van der Waals surface area contributed by atoms with Crippen LogP contribution in [0, 0.1) is 5.92 Å². The molecule has 2 heteroatoms. The van der Waals surface area contributed by atoms with E-state index in [-0.39, 0.29) is 0 Å². The number of carboxylic acids is 1. The fourth-order valence-corrected chi connectivity index (χ4v) is 2.16. The van der Waals surface area contributed by atoms with Gasteiger partial charge in [-0.15, -0.1) is 0 Å². The summed E-state index contributed by atoms with van der Waals surface area (Å²) in [6.45, 7) is 4.57. The molecule has 1 N–H and O–H groups in total. The molecule has 0 aromatic heterocycles. The third-order valence-electron chi connectivity index (χ3n) is 3.89. The lowest BCUT2D eigenvalue weighted by atomic mass is 10.0. The van der Waals surface area contributed by atoms with E-state index in [4.69, 9.17) is 5.11 Å². The summed E-state index contributed by atoms with van der Waals surface area (Å²) in [7, 11) is 0. The highest BCUT2D eigenvalue weighted by Crippen LogP contribution is 2.10. The van der Waals surface area contributed by atoms with Gasteiger partial charge in [-0.3, -0.25) is 4.79 Å². The van der Waals surface area contributed by atoms with Gasteiger partial charge in [-0.25, -0.2) is 0 Å². The molecule has 0 spiro atoms. The van der Waals surface area contributed by atoms with Crippen molar-refractivity contribution in [3.05, 3.63) is 24.3 Å². The average molecular weight is 294 g/mol. The van der Waals surface area contributed by atoms with Gasteiger partial charge in [0.1, 0.15) is 0 Å². The lowest BCUT2D eigenvalue weighted by Crippen LogP contribution is -1.93. The van der Waals surface area contributed by atoms with Gasteiger partial charge in [0, 0.05) is 6.42 Å². The Morgan fingerprint density at radius 1 is 0.952 bits per heavy atom. The van der Waals surface area contributed by atoms with E-state index in [1.165, 1.54) is 32.1 Å². The molecule has 0 radical (unpaired) electrons. The molecule has 0 heterocycles. The van der Waals surface area contributed by atoms with Crippen LogP contribution < -0.4 is 0 Å². The van der Waals surface area contributed by atoms with E-state index in [9.17, 15) is 4.79 Å². The third kappa shape index (κ3) is 16.9. The zero-order chi connectivity index (χ0) is 15.8. The summed E-state index contributed by atoms with van der Waals surface area (Å²) in [6.07, 6.45) is 20.9. The molecule has 0 aromatic rings. The van der Waals surface area contributed by atoms with Crippen LogP contribution >= 0.6 is 0 Å². The Morgan fingerprint density at radius 3 is 2.24 bits per heavy atom. The molecule has 122 valence electrons. The van der Waals surface area contributed by atoms with Crippen LogP contribution in [-0.2, 0) is 4.79 Å². The number of allylic oxidation sites excluding steroid dienone is 4. The lowest BCUT2D eigenvalue weighted by molar-refractivity contribution is -0.137. The minimum Gasteiger partial charge on any atom is -0.481 e. The van der Waals surface area contributed by atoms with Gasteiger partial charge in [-0.2, -0.15) is 0 Å². The van der Waals surface area contributed by atoms with Crippen molar-refractivity contribution in [3.63, 3.8) is 0 Å². The summed E-state index contributed by atoms with van der Waals surface area (Å²) in [5, 5.41) is 8.52. The molecule has 0 aliphatic carbocycles. The first-order valence-corrected chi connectivity index (χ1v) is 8.68. The average Bonchev–Trinajstić information content (AvgIpc) is 2.46.